The number of aliphatic hydroxyl groups is 1. The van der Waals surface area contributed by atoms with Crippen LogP contribution in [0.25, 0.3) is 0 Å². The summed E-state index contributed by atoms with van der Waals surface area (Å²) in [4.78, 5) is 2.16. The minimum absolute atomic E-state index is 0.156. The number of anilines is 1. The average Bonchev–Trinajstić information content (AvgIpc) is 3.06. The Bertz CT molecular complexity index is 736. The van der Waals surface area contributed by atoms with Crippen molar-refractivity contribution >= 4 is 23.2 Å². The van der Waals surface area contributed by atoms with Crippen molar-refractivity contribution in [1.82, 2.24) is 4.90 Å². The molecule has 0 amide bonds. The summed E-state index contributed by atoms with van der Waals surface area (Å²) in [6.07, 6.45) is 0.585. The quantitative estimate of drug-likeness (QED) is 0.514. The van der Waals surface area contributed by atoms with Gasteiger partial charge in [0.2, 0.25) is 5.90 Å². The number of nitrogens with one attached hydrogen (secondary N) is 2. The van der Waals surface area contributed by atoms with Crippen LogP contribution < -0.4 is 5.32 Å². The summed E-state index contributed by atoms with van der Waals surface area (Å²) in [5.41, 5.74) is 2.72. The standard InChI is InChI=1S/C20H24ClN3O2/c21-16-7-5-15(6-8-16)13-23-19-4-2-1-3-18(19)20(22)26-12-11-24-10-9-17(25)14-24/h1-8,17,22-23,25H,9-14H2. The summed E-state index contributed by atoms with van der Waals surface area (Å²) in [6.45, 7) is 3.39. The largest absolute Gasteiger partial charge is 0.476 e. The fourth-order valence-electron chi connectivity index (χ4n) is 3.00. The van der Waals surface area contributed by atoms with E-state index in [1.165, 1.54) is 0 Å². The molecule has 1 aliphatic heterocycles. The molecule has 0 saturated carbocycles. The Hall–Kier alpha value is -2.08. The molecule has 6 heteroatoms. The number of nitrogens with zero attached hydrogens (tertiary/aromatic N) is 1. The first-order valence-electron chi connectivity index (χ1n) is 8.81. The molecule has 0 radical (unpaired) electrons. The van der Waals surface area contributed by atoms with Gasteiger partial charge in [0.1, 0.15) is 6.61 Å². The highest BCUT2D eigenvalue weighted by Crippen LogP contribution is 2.18. The second kappa shape index (κ2) is 9.03. The van der Waals surface area contributed by atoms with Gasteiger partial charge in [0, 0.05) is 36.9 Å². The van der Waals surface area contributed by atoms with Crippen LogP contribution in [-0.2, 0) is 11.3 Å². The molecule has 2 aromatic carbocycles. The highest BCUT2D eigenvalue weighted by atomic mass is 35.5. The number of ether oxygens (including phenoxy) is 1. The zero-order chi connectivity index (χ0) is 18.4. The van der Waals surface area contributed by atoms with E-state index in [9.17, 15) is 5.11 Å². The number of benzene rings is 2. The van der Waals surface area contributed by atoms with Crippen molar-refractivity contribution in [3.05, 3.63) is 64.7 Å². The van der Waals surface area contributed by atoms with Gasteiger partial charge in [0.25, 0.3) is 0 Å². The maximum Gasteiger partial charge on any atom is 0.215 e. The maximum atomic E-state index is 9.55. The van der Waals surface area contributed by atoms with Crippen LogP contribution in [0.1, 0.15) is 17.5 Å². The van der Waals surface area contributed by atoms with Gasteiger partial charge >= 0.3 is 0 Å². The van der Waals surface area contributed by atoms with Gasteiger partial charge in [-0.05, 0) is 36.2 Å². The fraction of sp³-hybridized carbons (Fsp3) is 0.350. The minimum atomic E-state index is -0.229. The third-order valence-corrected chi connectivity index (χ3v) is 4.72. The van der Waals surface area contributed by atoms with Gasteiger partial charge in [0.05, 0.1) is 11.7 Å². The SMILES string of the molecule is N=C(OCCN1CCC(O)C1)c1ccccc1NCc1ccc(Cl)cc1. The summed E-state index contributed by atoms with van der Waals surface area (Å²) in [6, 6.07) is 15.3. The molecule has 1 atom stereocenters. The van der Waals surface area contributed by atoms with Crippen molar-refractivity contribution in [2.75, 3.05) is 31.6 Å². The first-order valence-corrected chi connectivity index (χ1v) is 9.19. The van der Waals surface area contributed by atoms with E-state index in [1.807, 2.05) is 48.5 Å². The van der Waals surface area contributed by atoms with Gasteiger partial charge in [-0.25, -0.2) is 0 Å². The predicted molar refractivity (Wildman–Crippen MR) is 105 cm³/mol. The lowest BCUT2D eigenvalue weighted by Gasteiger charge is -2.17. The normalized spacial score (nSPS) is 17.2. The van der Waals surface area contributed by atoms with E-state index < -0.39 is 0 Å². The van der Waals surface area contributed by atoms with Crippen LogP contribution >= 0.6 is 11.6 Å². The number of hydrogen-bond donors (Lipinski definition) is 3. The van der Waals surface area contributed by atoms with E-state index in [-0.39, 0.29) is 12.0 Å². The van der Waals surface area contributed by atoms with Crippen molar-refractivity contribution in [3.63, 3.8) is 0 Å². The average molecular weight is 374 g/mol. The molecule has 0 spiro atoms. The highest BCUT2D eigenvalue weighted by molar-refractivity contribution is 6.30. The van der Waals surface area contributed by atoms with E-state index >= 15 is 0 Å². The number of hydrogen-bond acceptors (Lipinski definition) is 5. The van der Waals surface area contributed by atoms with Gasteiger partial charge < -0.3 is 15.2 Å². The molecule has 0 aliphatic carbocycles. The molecule has 0 bridgehead atoms. The predicted octanol–water partition coefficient (Wildman–Crippen LogP) is 3.36. The fourth-order valence-corrected chi connectivity index (χ4v) is 3.13. The molecule has 1 aliphatic rings. The molecule has 3 N–H and O–H groups in total. The third kappa shape index (κ3) is 5.21. The summed E-state index contributed by atoms with van der Waals surface area (Å²) >= 11 is 5.92. The third-order valence-electron chi connectivity index (χ3n) is 4.47. The molecule has 3 rings (SSSR count). The Morgan fingerprint density at radius 3 is 2.73 bits per heavy atom. The summed E-state index contributed by atoms with van der Waals surface area (Å²) in [5.74, 6) is 0.156. The number of rotatable bonds is 7. The van der Waals surface area contributed by atoms with Crippen LogP contribution in [0.3, 0.4) is 0 Å². The smallest absolute Gasteiger partial charge is 0.215 e. The Morgan fingerprint density at radius 1 is 1.23 bits per heavy atom. The van der Waals surface area contributed by atoms with E-state index in [1.54, 1.807) is 0 Å². The second-order valence-electron chi connectivity index (χ2n) is 6.45. The Labute approximate surface area is 159 Å². The molecule has 1 heterocycles. The number of aliphatic hydroxyl groups excluding tert-OH is 1. The van der Waals surface area contributed by atoms with E-state index in [0.717, 1.165) is 41.3 Å². The lowest BCUT2D eigenvalue weighted by atomic mass is 10.1. The monoisotopic (exact) mass is 373 g/mol. The number of para-hydroxylation sites is 1. The maximum absolute atomic E-state index is 9.55. The topological polar surface area (TPSA) is 68.6 Å². The van der Waals surface area contributed by atoms with Crippen molar-refractivity contribution in [1.29, 1.82) is 5.41 Å². The van der Waals surface area contributed by atoms with Gasteiger partial charge in [0.15, 0.2) is 0 Å². The van der Waals surface area contributed by atoms with Crippen LogP contribution in [0.2, 0.25) is 5.02 Å². The van der Waals surface area contributed by atoms with Crippen molar-refractivity contribution in [3.8, 4) is 0 Å². The molecule has 1 fully saturated rings. The van der Waals surface area contributed by atoms with Crippen LogP contribution in [0.5, 0.6) is 0 Å². The molecular formula is C20H24ClN3O2. The summed E-state index contributed by atoms with van der Waals surface area (Å²) in [5, 5.41) is 21.9. The van der Waals surface area contributed by atoms with Crippen molar-refractivity contribution in [2.24, 2.45) is 0 Å². The van der Waals surface area contributed by atoms with Crippen molar-refractivity contribution in [2.45, 2.75) is 19.1 Å². The highest BCUT2D eigenvalue weighted by Gasteiger charge is 2.19. The summed E-state index contributed by atoms with van der Waals surface area (Å²) in [7, 11) is 0. The molecule has 0 aromatic heterocycles. The Kier molecular flexibility index (Phi) is 6.50. The van der Waals surface area contributed by atoms with Crippen LogP contribution in [0.15, 0.2) is 48.5 Å². The van der Waals surface area contributed by atoms with Gasteiger partial charge in [-0.15, -0.1) is 0 Å². The number of β-amino-alcohol motifs (C(OH)–C–C–N with tert-alkyl or cyclic N) is 1. The molecular weight excluding hydrogens is 350 g/mol. The second-order valence-corrected chi connectivity index (χ2v) is 6.88. The van der Waals surface area contributed by atoms with E-state index in [4.69, 9.17) is 21.7 Å². The van der Waals surface area contributed by atoms with Crippen LogP contribution in [0.4, 0.5) is 5.69 Å². The Balaban J connectivity index is 1.53. The number of halogens is 1. The molecule has 26 heavy (non-hydrogen) atoms. The van der Waals surface area contributed by atoms with Gasteiger partial charge in [-0.1, -0.05) is 35.9 Å². The van der Waals surface area contributed by atoms with E-state index in [0.29, 0.717) is 19.7 Å². The molecule has 1 saturated heterocycles. The first kappa shape index (κ1) is 18.7. The minimum Gasteiger partial charge on any atom is -0.476 e. The Morgan fingerprint density at radius 2 is 2.00 bits per heavy atom. The molecule has 2 aromatic rings. The van der Waals surface area contributed by atoms with Crippen LogP contribution in [-0.4, -0.2) is 48.2 Å². The van der Waals surface area contributed by atoms with Crippen LogP contribution in [0, 0.1) is 5.41 Å². The summed E-state index contributed by atoms with van der Waals surface area (Å²) < 4.78 is 5.64. The zero-order valence-electron chi connectivity index (χ0n) is 14.6. The van der Waals surface area contributed by atoms with E-state index in [2.05, 4.69) is 10.2 Å². The molecule has 5 nitrogen and oxygen atoms in total. The van der Waals surface area contributed by atoms with Gasteiger partial charge in [-0.2, -0.15) is 0 Å². The number of likely N-dealkylation sites (tertiary alicyclic amines) is 1. The lowest BCUT2D eigenvalue weighted by Crippen LogP contribution is -2.27. The zero-order valence-corrected chi connectivity index (χ0v) is 15.4. The molecule has 1 unspecified atom stereocenters. The van der Waals surface area contributed by atoms with Crippen molar-refractivity contribution < 1.29 is 9.84 Å². The van der Waals surface area contributed by atoms with Gasteiger partial charge in [-0.3, -0.25) is 10.3 Å². The first-order chi connectivity index (χ1) is 12.6. The molecule has 138 valence electrons. The lowest BCUT2D eigenvalue weighted by molar-refractivity contribution is 0.166.